The lowest BCUT2D eigenvalue weighted by molar-refractivity contribution is 0.0955. The Balaban J connectivity index is 1.60. The number of para-hydroxylation sites is 1. The van der Waals surface area contributed by atoms with Gasteiger partial charge < -0.3 is 0 Å². The molecule has 1 heterocycles. The van der Waals surface area contributed by atoms with Crippen molar-refractivity contribution in [1.82, 2.24) is 5.43 Å². The van der Waals surface area contributed by atoms with E-state index in [0.717, 1.165) is 5.69 Å². The summed E-state index contributed by atoms with van der Waals surface area (Å²) in [5.74, 6) is -0.277. The molecular formula is C17H13ClN4OS. The van der Waals surface area contributed by atoms with Gasteiger partial charge in [-0.15, -0.1) is 0 Å². The molecule has 5 nitrogen and oxygen atoms in total. The molecule has 1 aliphatic heterocycles. The fourth-order valence-electron chi connectivity index (χ4n) is 1.92. The van der Waals surface area contributed by atoms with Crippen LogP contribution in [0.3, 0.4) is 0 Å². The van der Waals surface area contributed by atoms with Crippen LogP contribution in [0.2, 0.25) is 0 Å². The van der Waals surface area contributed by atoms with Crippen molar-refractivity contribution in [3.63, 3.8) is 0 Å². The zero-order chi connectivity index (χ0) is 16.8. The molecule has 0 bridgehead atoms. The summed E-state index contributed by atoms with van der Waals surface area (Å²) < 4.78 is 0. The Morgan fingerprint density at radius 1 is 1.12 bits per heavy atom. The number of nitrogens with one attached hydrogen (secondary N) is 1. The van der Waals surface area contributed by atoms with Crippen molar-refractivity contribution < 1.29 is 4.79 Å². The molecule has 0 spiro atoms. The van der Waals surface area contributed by atoms with Gasteiger partial charge in [0.1, 0.15) is 10.4 Å². The van der Waals surface area contributed by atoms with E-state index in [0.29, 0.717) is 15.9 Å². The largest absolute Gasteiger partial charge is 0.271 e. The van der Waals surface area contributed by atoms with Gasteiger partial charge >= 0.3 is 0 Å². The highest BCUT2D eigenvalue weighted by molar-refractivity contribution is 8.16. The van der Waals surface area contributed by atoms with E-state index in [4.69, 9.17) is 11.6 Å². The average Bonchev–Trinajstić information content (AvgIpc) is 2.96. The Morgan fingerprint density at radius 2 is 1.79 bits per heavy atom. The van der Waals surface area contributed by atoms with Gasteiger partial charge in [-0.3, -0.25) is 4.79 Å². The number of benzene rings is 2. The van der Waals surface area contributed by atoms with Gasteiger partial charge in [-0.05, 0) is 24.3 Å². The van der Waals surface area contributed by atoms with E-state index in [1.54, 1.807) is 30.5 Å². The van der Waals surface area contributed by atoms with Gasteiger partial charge in [-0.1, -0.05) is 59.8 Å². The van der Waals surface area contributed by atoms with Crippen molar-refractivity contribution in [2.75, 3.05) is 0 Å². The minimum absolute atomic E-state index is 0.259. The van der Waals surface area contributed by atoms with Crippen LogP contribution >= 0.6 is 23.4 Å². The first-order valence-corrected chi connectivity index (χ1v) is 8.41. The fraction of sp³-hybridized carbons (Fsp3) is 0.0588. The number of aliphatic imine (C=N–C) groups is 2. The van der Waals surface area contributed by atoms with E-state index < -0.39 is 0 Å². The van der Waals surface area contributed by atoms with E-state index in [-0.39, 0.29) is 11.2 Å². The molecule has 0 radical (unpaired) electrons. The topological polar surface area (TPSA) is 66.2 Å². The molecule has 1 atom stereocenters. The molecule has 2 aromatic rings. The smallest absolute Gasteiger partial charge is 0.267 e. The molecule has 0 fully saturated rings. The number of hydrogen-bond acceptors (Lipinski definition) is 4. The monoisotopic (exact) mass is 356 g/mol. The standard InChI is InChI=1S/C17H13ClN4OS/c18-15-14(11-19-22-16(23)12-7-3-1-4-8-12)24-17(21-15)20-13-9-5-2-6-10-13/h1-11,14H,(H,22,23). The van der Waals surface area contributed by atoms with Crippen molar-refractivity contribution in [3.05, 3.63) is 66.2 Å². The molecule has 0 aliphatic carbocycles. The second-order valence-electron chi connectivity index (χ2n) is 4.79. The summed E-state index contributed by atoms with van der Waals surface area (Å²) in [5, 5.41) is 4.65. The second kappa shape index (κ2) is 7.90. The van der Waals surface area contributed by atoms with Crippen LogP contribution in [-0.2, 0) is 0 Å². The number of carbonyl (C=O) groups excluding carboxylic acids is 1. The van der Waals surface area contributed by atoms with Gasteiger partial charge in [0, 0.05) is 11.8 Å². The van der Waals surface area contributed by atoms with E-state index in [1.165, 1.54) is 11.8 Å². The minimum Gasteiger partial charge on any atom is -0.267 e. The lowest BCUT2D eigenvalue weighted by Crippen LogP contribution is -2.19. The van der Waals surface area contributed by atoms with Crippen LogP contribution in [0.15, 0.2) is 75.7 Å². The zero-order valence-corrected chi connectivity index (χ0v) is 14.0. The predicted molar refractivity (Wildman–Crippen MR) is 101 cm³/mol. The molecule has 3 rings (SSSR count). The molecule has 1 amide bonds. The van der Waals surface area contributed by atoms with Crippen LogP contribution in [0.25, 0.3) is 0 Å². The first-order valence-electron chi connectivity index (χ1n) is 7.15. The Morgan fingerprint density at radius 3 is 2.50 bits per heavy atom. The summed E-state index contributed by atoms with van der Waals surface area (Å²) >= 11 is 7.49. The summed E-state index contributed by atoms with van der Waals surface area (Å²) in [4.78, 5) is 20.5. The van der Waals surface area contributed by atoms with E-state index in [1.807, 2.05) is 36.4 Å². The van der Waals surface area contributed by atoms with Crippen LogP contribution in [0.1, 0.15) is 10.4 Å². The van der Waals surface area contributed by atoms with E-state index in [9.17, 15) is 4.79 Å². The predicted octanol–water partition coefficient (Wildman–Crippen LogP) is 3.84. The molecule has 120 valence electrons. The van der Waals surface area contributed by atoms with Gasteiger partial charge in [-0.25, -0.2) is 15.4 Å². The number of rotatable bonds is 4. The van der Waals surface area contributed by atoms with Crippen LogP contribution in [0.4, 0.5) is 5.69 Å². The van der Waals surface area contributed by atoms with Gasteiger partial charge in [0.15, 0.2) is 5.17 Å². The van der Waals surface area contributed by atoms with Crippen molar-refractivity contribution in [2.45, 2.75) is 5.25 Å². The summed E-state index contributed by atoms with van der Waals surface area (Å²) in [6, 6.07) is 18.4. The third-order valence-corrected chi connectivity index (χ3v) is 4.50. The quantitative estimate of drug-likeness (QED) is 0.668. The summed E-state index contributed by atoms with van der Waals surface area (Å²) in [5.41, 5.74) is 3.82. The number of carbonyl (C=O) groups is 1. The van der Waals surface area contributed by atoms with Crippen molar-refractivity contribution >= 4 is 51.5 Å². The van der Waals surface area contributed by atoms with Crippen molar-refractivity contribution in [1.29, 1.82) is 0 Å². The number of thioether (sulfide) groups is 1. The highest BCUT2D eigenvalue weighted by atomic mass is 35.5. The van der Waals surface area contributed by atoms with Crippen molar-refractivity contribution in [3.8, 4) is 0 Å². The number of hydrazone groups is 1. The lowest BCUT2D eigenvalue weighted by Gasteiger charge is -2.01. The molecule has 1 unspecified atom stereocenters. The summed E-state index contributed by atoms with van der Waals surface area (Å²) in [7, 11) is 0. The van der Waals surface area contributed by atoms with Crippen LogP contribution in [-0.4, -0.2) is 27.7 Å². The zero-order valence-electron chi connectivity index (χ0n) is 12.5. The molecule has 1 aliphatic rings. The molecular weight excluding hydrogens is 344 g/mol. The molecule has 0 aromatic heterocycles. The lowest BCUT2D eigenvalue weighted by atomic mass is 10.2. The number of amidine groups is 1. The third kappa shape index (κ3) is 4.31. The molecule has 2 aromatic carbocycles. The highest BCUT2D eigenvalue weighted by Gasteiger charge is 2.23. The van der Waals surface area contributed by atoms with Crippen LogP contribution in [0.5, 0.6) is 0 Å². The maximum atomic E-state index is 11.9. The maximum Gasteiger partial charge on any atom is 0.271 e. The van der Waals surface area contributed by atoms with E-state index >= 15 is 0 Å². The first-order chi connectivity index (χ1) is 11.7. The van der Waals surface area contributed by atoms with Gasteiger partial charge in [0.2, 0.25) is 0 Å². The Labute approximate surface area is 148 Å². The minimum atomic E-state index is -0.277. The maximum absolute atomic E-state index is 11.9. The fourth-order valence-corrected chi connectivity index (χ4v) is 3.05. The first kappa shape index (κ1) is 16.4. The number of hydrogen-bond donors (Lipinski definition) is 1. The number of halogens is 1. The summed E-state index contributed by atoms with van der Waals surface area (Å²) in [6.07, 6.45) is 1.55. The third-order valence-electron chi connectivity index (χ3n) is 3.06. The number of nitrogens with zero attached hydrogens (tertiary/aromatic N) is 3. The molecule has 24 heavy (non-hydrogen) atoms. The van der Waals surface area contributed by atoms with Crippen LogP contribution < -0.4 is 5.43 Å². The molecule has 1 N–H and O–H groups in total. The highest BCUT2D eigenvalue weighted by Crippen LogP contribution is 2.26. The Bertz CT molecular complexity index is 806. The Hall–Kier alpha value is -2.44. The molecule has 7 heteroatoms. The normalized spacial score (nSPS) is 18.8. The molecule has 0 saturated heterocycles. The van der Waals surface area contributed by atoms with Crippen LogP contribution in [0, 0.1) is 0 Å². The summed E-state index contributed by atoms with van der Waals surface area (Å²) in [6.45, 7) is 0. The average molecular weight is 357 g/mol. The Kier molecular flexibility index (Phi) is 5.40. The van der Waals surface area contributed by atoms with Gasteiger partial charge in [0.25, 0.3) is 5.91 Å². The van der Waals surface area contributed by atoms with E-state index in [2.05, 4.69) is 20.5 Å². The number of amides is 1. The van der Waals surface area contributed by atoms with Crippen molar-refractivity contribution in [2.24, 2.45) is 15.1 Å². The molecule has 0 saturated carbocycles. The van der Waals surface area contributed by atoms with Gasteiger partial charge in [0.05, 0.1) is 5.69 Å². The van der Waals surface area contributed by atoms with Gasteiger partial charge in [-0.2, -0.15) is 5.10 Å². The SMILES string of the molecule is O=C(NN=CC1SC(=Nc2ccccc2)N=C1Cl)c1ccccc1. The second-order valence-corrected chi connectivity index (χ2v) is 6.28.